The number of ketones is 1. The summed E-state index contributed by atoms with van der Waals surface area (Å²) in [6.45, 7) is 0.145. The number of amides is 1. The summed E-state index contributed by atoms with van der Waals surface area (Å²) in [7, 11) is 3.06. The van der Waals surface area contributed by atoms with Crippen LogP contribution in [0.15, 0.2) is 42.5 Å². The Morgan fingerprint density at radius 2 is 1.68 bits per heavy atom. The number of Topliss-reactive ketones (excluding diaryl/α,β-unsaturated/α-hetero) is 1. The summed E-state index contributed by atoms with van der Waals surface area (Å²) in [6, 6.07) is 12.3. The molecule has 0 saturated heterocycles. The zero-order valence-electron chi connectivity index (χ0n) is 14.2. The molecule has 0 saturated carbocycles. The van der Waals surface area contributed by atoms with E-state index in [4.69, 9.17) is 14.2 Å². The van der Waals surface area contributed by atoms with Crippen molar-refractivity contribution in [1.29, 1.82) is 0 Å². The summed E-state index contributed by atoms with van der Waals surface area (Å²) < 4.78 is 16.2. The second-order valence-corrected chi connectivity index (χ2v) is 5.51. The molecule has 3 rings (SSSR count). The molecule has 130 valence electrons. The molecule has 0 unspecified atom stereocenters. The van der Waals surface area contributed by atoms with Crippen molar-refractivity contribution in [2.45, 2.75) is 6.42 Å². The smallest absolute Gasteiger partial charge is 0.265 e. The fourth-order valence-electron chi connectivity index (χ4n) is 2.86. The standard InChI is InChI=1S/C19H19NO5/c1-23-15-7-3-4-8-16(15)25-12-18(22)20-11-10-14(21)13-6-5-9-17(24-2)19(13)20/h3-9H,10-12H2,1-2H3. The molecule has 0 aromatic heterocycles. The van der Waals surface area contributed by atoms with Crippen molar-refractivity contribution in [3.63, 3.8) is 0 Å². The van der Waals surface area contributed by atoms with Crippen molar-refractivity contribution >= 4 is 17.4 Å². The van der Waals surface area contributed by atoms with E-state index in [1.807, 2.05) is 6.07 Å². The molecule has 0 bridgehead atoms. The summed E-state index contributed by atoms with van der Waals surface area (Å²) in [4.78, 5) is 26.4. The van der Waals surface area contributed by atoms with Gasteiger partial charge >= 0.3 is 0 Å². The maximum absolute atomic E-state index is 12.7. The van der Waals surface area contributed by atoms with Crippen LogP contribution in [0, 0.1) is 0 Å². The largest absolute Gasteiger partial charge is 0.495 e. The molecule has 6 nitrogen and oxygen atoms in total. The highest BCUT2D eigenvalue weighted by Gasteiger charge is 2.30. The average molecular weight is 341 g/mol. The number of ether oxygens (including phenoxy) is 3. The number of methoxy groups -OCH3 is 2. The van der Waals surface area contributed by atoms with E-state index >= 15 is 0 Å². The van der Waals surface area contributed by atoms with Crippen molar-refractivity contribution in [2.24, 2.45) is 0 Å². The molecular formula is C19H19NO5. The van der Waals surface area contributed by atoms with Crippen LogP contribution in [0.25, 0.3) is 0 Å². The summed E-state index contributed by atoms with van der Waals surface area (Å²) in [5, 5.41) is 0. The molecule has 2 aromatic rings. The van der Waals surface area contributed by atoms with E-state index in [2.05, 4.69) is 0 Å². The lowest BCUT2D eigenvalue weighted by Gasteiger charge is -2.30. The third kappa shape index (κ3) is 3.28. The van der Waals surface area contributed by atoms with E-state index in [0.717, 1.165) is 0 Å². The van der Waals surface area contributed by atoms with E-state index in [1.165, 1.54) is 7.11 Å². The van der Waals surface area contributed by atoms with E-state index in [1.54, 1.807) is 48.4 Å². The summed E-state index contributed by atoms with van der Waals surface area (Å²) in [6.07, 6.45) is 0.278. The third-order valence-corrected chi connectivity index (χ3v) is 4.07. The monoisotopic (exact) mass is 341 g/mol. The Hall–Kier alpha value is -3.02. The van der Waals surface area contributed by atoms with Crippen LogP contribution in [0.5, 0.6) is 17.2 Å². The Morgan fingerprint density at radius 1 is 1.00 bits per heavy atom. The number of anilines is 1. The van der Waals surface area contributed by atoms with Crippen molar-refractivity contribution in [3.8, 4) is 17.2 Å². The molecule has 1 aliphatic heterocycles. The molecule has 1 heterocycles. The minimum atomic E-state index is -0.246. The van der Waals surface area contributed by atoms with Gasteiger partial charge in [0.25, 0.3) is 5.91 Å². The van der Waals surface area contributed by atoms with Crippen LogP contribution in [0.2, 0.25) is 0 Å². The quantitative estimate of drug-likeness (QED) is 0.837. The van der Waals surface area contributed by atoms with Crippen LogP contribution in [0.4, 0.5) is 5.69 Å². The zero-order valence-corrected chi connectivity index (χ0v) is 14.2. The maximum Gasteiger partial charge on any atom is 0.265 e. The van der Waals surface area contributed by atoms with Gasteiger partial charge in [-0.1, -0.05) is 18.2 Å². The van der Waals surface area contributed by atoms with Gasteiger partial charge in [-0.2, -0.15) is 0 Å². The normalized spacial score (nSPS) is 13.2. The molecule has 2 aromatic carbocycles. The Balaban J connectivity index is 1.82. The van der Waals surface area contributed by atoms with Gasteiger partial charge in [-0.05, 0) is 24.3 Å². The van der Waals surface area contributed by atoms with Gasteiger partial charge in [-0.25, -0.2) is 0 Å². The lowest BCUT2D eigenvalue weighted by molar-refractivity contribution is -0.120. The van der Waals surface area contributed by atoms with Crippen LogP contribution in [-0.2, 0) is 4.79 Å². The maximum atomic E-state index is 12.7. The van der Waals surface area contributed by atoms with Gasteiger partial charge in [0.15, 0.2) is 23.9 Å². The Labute approximate surface area is 145 Å². The second kappa shape index (κ2) is 7.25. The highest BCUT2D eigenvalue weighted by molar-refractivity contribution is 6.10. The van der Waals surface area contributed by atoms with E-state index in [0.29, 0.717) is 35.0 Å². The van der Waals surface area contributed by atoms with Crippen molar-refractivity contribution in [2.75, 3.05) is 32.3 Å². The SMILES string of the molecule is COc1ccccc1OCC(=O)N1CCC(=O)c2cccc(OC)c21. The number of hydrogen-bond donors (Lipinski definition) is 0. The average Bonchev–Trinajstić information content (AvgIpc) is 2.66. The molecule has 0 aliphatic carbocycles. The van der Waals surface area contributed by atoms with Gasteiger partial charge in [-0.3, -0.25) is 9.59 Å². The summed E-state index contributed by atoms with van der Waals surface area (Å²) in [5.41, 5.74) is 1.01. The Bertz CT molecular complexity index is 802. The van der Waals surface area contributed by atoms with Crippen LogP contribution in [0.1, 0.15) is 16.8 Å². The number of rotatable bonds is 5. The van der Waals surface area contributed by atoms with Gasteiger partial charge in [0.05, 0.1) is 19.9 Å². The number of benzene rings is 2. The summed E-state index contributed by atoms with van der Waals surface area (Å²) in [5.74, 6) is 1.30. The first kappa shape index (κ1) is 16.8. The van der Waals surface area contributed by atoms with Crippen LogP contribution in [0.3, 0.4) is 0 Å². The molecule has 1 amide bonds. The molecule has 1 aliphatic rings. The van der Waals surface area contributed by atoms with Gasteiger partial charge in [0, 0.05) is 18.5 Å². The van der Waals surface area contributed by atoms with E-state index in [9.17, 15) is 9.59 Å². The lowest BCUT2D eigenvalue weighted by atomic mass is 9.99. The molecule has 0 radical (unpaired) electrons. The molecule has 25 heavy (non-hydrogen) atoms. The van der Waals surface area contributed by atoms with E-state index < -0.39 is 0 Å². The van der Waals surface area contributed by atoms with Crippen LogP contribution in [-0.4, -0.2) is 39.1 Å². The molecule has 0 fully saturated rings. The van der Waals surface area contributed by atoms with Gasteiger partial charge in [0.1, 0.15) is 5.75 Å². The van der Waals surface area contributed by atoms with Crippen molar-refractivity contribution < 1.29 is 23.8 Å². The number of hydrogen-bond acceptors (Lipinski definition) is 5. The second-order valence-electron chi connectivity index (χ2n) is 5.51. The van der Waals surface area contributed by atoms with Gasteiger partial charge in [-0.15, -0.1) is 0 Å². The molecular weight excluding hydrogens is 322 g/mol. The highest BCUT2D eigenvalue weighted by atomic mass is 16.5. The van der Waals surface area contributed by atoms with Gasteiger partial charge in [0.2, 0.25) is 0 Å². The zero-order chi connectivity index (χ0) is 17.8. The molecule has 0 atom stereocenters. The van der Waals surface area contributed by atoms with Gasteiger partial charge < -0.3 is 19.1 Å². The van der Waals surface area contributed by atoms with Crippen LogP contribution < -0.4 is 19.1 Å². The minimum Gasteiger partial charge on any atom is -0.495 e. The first-order chi connectivity index (χ1) is 12.2. The lowest BCUT2D eigenvalue weighted by Crippen LogP contribution is -2.40. The Kier molecular flexibility index (Phi) is 4.88. The number of carbonyl (C=O) groups excluding carboxylic acids is 2. The van der Waals surface area contributed by atoms with Crippen molar-refractivity contribution in [1.82, 2.24) is 0 Å². The first-order valence-electron chi connectivity index (χ1n) is 7.92. The number of para-hydroxylation sites is 3. The summed E-state index contributed by atoms with van der Waals surface area (Å²) >= 11 is 0. The topological polar surface area (TPSA) is 65.1 Å². The third-order valence-electron chi connectivity index (χ3n) is 4.07. The minimum absolute atomic E-state index is 0.00333. The number of nitrogens with zero attached hydrogens (tertiary/aromatic N) is 1. The Morgan fingerprint density at radius 3 is 2.40 bits per heavy atom. The fourth-order valence-corrected chi connectivity index (χ4v) is 2.86. The van der Waals surface area contributed by atoms with Crippen molar-refractivity contribution in [3.05, 3.63) is 48.0 Å². The number of carbonyl (C=O) groups is 2. The molecule has 0 spiro atoms. The fraction of sp³-hybridized carbons (Fsp3) is 0.263. The molecule has 6 heteroatoms. The number of fused-ring (bicyclic) bond motifs is 1. The predicted octanol–water partition coefficient (Wildman–Crippen LogP) is 2.70. The predicted molar refractivity (Wildman–Crippen MR) is 92.8 cm³/mol. The van der Waals surface area contributed by atoms with Crippen LogP contribution >= 0.6 is 0 Å². The molecule has 0 N–H and O–H groups in total. The highest BCUT2D eigenvalue weighted by Crippen LogP contribution is 2.36. The van der Waals surface area contributed by atoms with E-state index in [-0.39, 0.29) is 24.7 Å². The first-order valence-corrected chi connectivity index (χ1v) is 7.92.